The Kier molecular flexibility index (Phi) is 5.84. The lowest BCUT2D eigenvalue weighted by molar-refractivity contribution is 0.0600. The first-order valence-electron chi connectivity index (χ1n) is 6.60. The van der Waals surface area contributed by atoms with Gasteiger partial charge in [0.15, 0.2) is 0 Å². The van der Waals surface area contributed by atoms with Gasteiger partial charge in [0.25, 0.3) is 0 Å². The van der Waals surface area contributed by atoms with Crippen LogP contribution in [-0.4, -0.2) is 31.3 Å². The molecule has 1 fully saturated rings. The molecule has 112 valence electrons. The Bertz CT molecular complexity index is 445. The number of ether oxygens (including phenoxy) is 2. The van der Waals surface area contributed by atoms with Gasteiger partial charge in [0.05, 0.1) is 12.7 Å². The van der Waals surface area contributed by atoms with Gasteiger partial charge in [-0.1, -0.05) is 0 Å². The largest absolute Gasteiger partial charge is 0.490 e. The number of rotatable bonds is 3. The van der Waals surface area contributed by atoms with Gasteiger partial charge in [-0.05, 0) is 51.1 Å². The second kappa shape index (κ2) is 6.95. The van der Waals surface area contributed by atoms with E-state index in [1.165, 1.54) is 7.11 Å². The minimum atomic E-state index is -0.324. The van der Waals surface area contributed by atoms with Gasteiger partial charge >= 0.3 is 5.97 Å². The van der Waals surface area contributed by atoms with Crippen molar-refractivity contribution in [3.8, 4) is 5.75 Å². The smallest absolute Gasteiger partial charge is 0.337 e. The molecule has 20 heavy (non-hydrogen) atoms. The fraction of sp³-hybridized carbons (Fsp3) is 0.533. The van der Waals surface area contributed by atoms with Crippen molar-refractivity contribution in [3.63, 3.8) is 0 Å². The minimum absolute atomic E-state index is 0. The number of esters is 1. The Hall–Kier alpha value is -1.26. The Morgan fingerprint density at radius 2 is 1.95 bits per heavy atom. The Labute approximate surface area is 126 Å². The van der Waals surface area contributed by atoms with Crippen molar-refractivity contribution in [1.29, 1.82) is 0 Å². The van der Waals surface area contributed by atoms with E-state index in [1.54, 1.807) is 12.1 Å². The molecule has 1 saturated heterocycles. The second-order valence-corrected chi connectivity index (χ2v) is 5.56. The van der Waals surface area contributed by atoms with Crippen LogP contribution in [0.3, 0.4) is 0 Å². The van der Waals surface area contributed by atoms with E-state index in [1.807, 2.05) is 12.1 Å². The van der Waals surface area contributed by atoms with E-state index < -0.39 is 0 Å². The Balaban J connectivity index is 0.00000200. The maximum Gasteiger partial charge on any atom is 0.337 e. The molecule has 1 aliphatic heterocycles. The van der Waals surface area contributed by atoms with Crippen LogP contribution in [0.15, 0.2) is 24.3 Å². The summed E-state index contributed by atoms with van der Waals surface area (Å²) >= 11 is 0. The van der Waals surface area contributed by atoms with E-state index in [9.17, 15) is 4.79 Å². The molecule has 1 atom stereocenters. The maximum absolute atomic E-state index is 11.3. The highest BCUT2D eigenvalue weighted by Crippen LogP contribution is 2.23. The van der Waals surface area contributed by atoms with E-state index >= 15 is 0 Å². The van der Waals surface area contributed by atoms with Crippen molar-refractivity contribution in [3.05, 3.63) is 29.8 Å². The third-order valence-corrected chi connectivity index (χ3v) is 3.39. The van der Waals surface area contributed by atoms with E-state index in [2.05, 4.69) is 23.9 Å². The van der Waals surface area contributed by atoms with Crippen LogP contribution in [0.5, 0.6) is 5.75 Å². The number of halogens is 1. The van der Waals surface area contributed by atoms with Crippen molar-refractivity contribution in [2.24, 2.45) is 0 Å². The number of methoxy groups -OCH3 is 1. The minimum Gasteiger partial charge on any atom is -0.490 e. The van der Waals surface area contributed by atoms with Gasteiger partial charge in [-0.3, -0.25) is 0 Å². The molecular weight excluding hydrogens is 278 g/mol. The zero-order valence-corrected chi connectivity index (χ0v) is 13.0. The van der Waals surface area contributed by atoms with E-state index in [0.29, 0.717) is 5.56 Å². The molecule has 1 aromatic rings. The molecule has 1 unspecified atom stereocenters. The molecule has 1 aromatic carbocycles. The molecule has 0 saturated carbocycles. The summed E-state index contributed by atoms with van der Waals surface area (Å²) in [5.41, 5.74) is 0.662. The summed E-state index contributed by atoms with van der Waals surface area (Å²) in [6.07, 6.45) is 2.20. The normalized spacial score (nSPS) is 20.6. The second-order valence-electron chi connectivity index (χ2n) is 5.56. The molecule has 1 heterocycles. The van der Waals surface area contributed by atoms with Crippen LogP contribution in [-0.2, 0) is 4.74 Å². The Morgan fingerprint density at radius 3 is 2.50 bits per heavy atom. The molecule has 0 bridgehead atoms. The van der Waals surface area contributed by atoms with Crippen LogP contribution in [0.2, 0.25) is 0 Å². The molecule has 0 aromatic heterocycles. The van der Waals surface area contributed by atoms with Crippen molar-refractivity contribution in [1.82, 2.24) is 5.32 Å². The molecule has 0 radical (unpaired) electrons. The summed E-state index contributed by atoms with van der Waals surface area (Å²) < 4.78 is 10.6. The third-order valence-electron chi connectivity index (χ3n) is 3.39. The topological polar surface area (TPSA) is 47.6 Å². The number of piperidine rings is 1. The number of carbonyl (C=O) groups is 1. The monoisotopic (exact) mass is 299 g/mol. The van der Waals surface area contributed by atoms with Crippen LogP contribution in [0.25, 0.3) is 0 Å². The quantitative estimate of drug-likeness (QED) is 0.872. The SMILES string of the molecule is COC(=O)c1ccc(OC2CCNC(C)(C)C2)cc1.Cl. The standard InChI is InChI=1S/C15H21NO3.ClH/c1-15(2)10-13(8-9-16-15)19-12-6-4-11(5-7-12)14(17)18-3;/h4-7,13,16H,8-10H2,1-3H3;1H. The first-order chi connectivity index (χ1) is 9.00. The van der Waals surface area contributed by atoms with Crippen molar-refractivity contribution >= 4 is 18.4 Å². The van der Waals surface area contributed by atoms with E-state index in [0.717, 1.165) is 25.1 Å². The van der Waals surface area contributed by atoms with Crippen molar-refractivity contribution in [2.75, 3.05) is 13.7 Å². The molecule has 2 rings (SSSR count). The van der Waals surface area contributed by atoms with Crippen LogP contribution in [0.4, 0.5) is 0 Å². The molecule has 0 spiro atoms. The number of hydrogen-bond donors (Lipinski definition) is 1. The molecular formula is C15H22ClNO3. The van der Waals surface area contributed by atoms with Gasteiger partial charge in [0, 0.05) is 12.0 Å². The third kappa shape index (κ3) is 4.39. The van der Waals surface area contributed by atoms with E-state index in [4.69, 9.17) is 4.74 Å². The summed E-state index contributed by atoms with van der Waals surface area (Å²) in [5.74, 6) is 0.477. The molecule has 0 amide bonds. The van der Waals surface area contributed by atoms with Gasteiger partial charge in [-0.15, -0.1) is 12.4 Å². The average Bonchev–Trinajstić information content (AvgIpc) is 2.37. The van der Waals surface area contributed by atoms with Gasteiger partial charge in [0.2, 0.25) is 0 Å². The molecule has 1 aliphatic rings. The fourth-order valence-corrected chi connectivity index (χ4v) is 2.40. The summed E-state index contributed by atoms with van der Waals surface area (Å²) in [6, 6.07) is 7.10. The zero-order valence-electron chi connectivity index (χ0n) is 12.1. The molecule has 0 aliphatic carbocycles. The van der Waals surface area contributed by atoms with E-state index in [-0.39, 0.29) is 30.0 Å². The summed E-state index contributed by atoms with van der Waals surface area (Å²) in [7, 11) is 1.38. The Morgan fingerprint density at radius 1 is 1.30 bits per heavy atom. The lowest BCUT2D eigenvalue weighted by Crippen LogP contribution is -2.49. The predicted molar refractivity (Wildman–Crippen MR) is 80.8 cm³/mol. The van der Waals surface area contributed by atoms with Crippen LogP contribution in [0.1, 0.15) is 37.0 Å². The fourth-order valence-electron chi connectivity index (χ4n) is 2.40. The zero-order chi connectivity index (χ0) is 13.9. The highest BCUT2D eigenvalue weighted by atomic mass is 35.5. The maximum atomic E-state index is 11.3. The lowest BCUT2D eigenvalue weighted by Gasteiger charge is -2.36. The lowest BCUT2D eigenvalue weighted by atomic mass is 9.91. The van der Waals surface area contributed by atoms with Gasteiger partial charge in [0.1, 0.15) is 11.9 Å². The number of benzene rings is 1. The average molecular weight is 300 g/mol. The highest BCUT2D eigenvalue weighted by molar-refractivity contribution is 5.89. The van der Waals surface area contributed by atoms with Crippen LogP contribution >= 0.6 is 12.4 Å². The van der Waals surface area contributed by atoms with Crippen molar-refractivity contribution in [2.45, 2.75) is 38.3 Å². The number of nitrogens with one attached hydrogen (secondary N) is 1. The van der Waals surface area contributed by atoms with Crippen LogP contribution in [0, 0.1) is 0 Å². The summed E-state index contributed by atoms with van der Waals surface area (Å²) in [4.78, 5) is 11.3. The summed E-state index contributed by atoms with van der Waals surface area (Å²) in [5, 5.41) is 3.46. The van der Waals surface area contributed by atoms with Gasteiger partial charge in [-0.2, -0.15) is 0 Å². The predicted octanol–water partition coefficient (Wildman–Crippen LogP) is 2.80. The number of hydrogen-bond acceptors (Lipinski definition) is 4. The first-order valence-corrected chi connectivity index (χ1v) is 6.60. The van der Waals surface area contributed by atoms with Crippen molar-refractivity contribution < 1.29 is 14.3 Å². The van der Waals surface area contributed by atoms with Crippen LogP contribution < -0.4 is 10.1 Å². The first kappa shape index (κ1) is 16.8. The van der Waals surface area contributed by atoms with Gasteiger partial charge < -0.3 is 14.8 Å². The van der Waals surface area contributed by atoms with Gasteiger partial charge in [-0.25, -0.2) is 4.79 Å². The molecule has 1 N–H and O–H groups in total. The summed E-state index contributed by atoms with van der Waals surface area (Å²) in [6.45, 7) is 5.34. The highest BCUT2D eigenvalue weighted by Gasteiger charge is 2.28. The molecule has 5 heteroatoms. The molecule has 4 nitrogen and oxygen atoms in total. The number of carbonyl (C=O) groups excluding carboxylic acids is 1.